The van der Waals surface area contributed by atoms with E-state index in [0.717, 1.165) is 11.6 Å². The van der Waals surface area contributed by atoms with Crippen molar-refractivity contribution in [2.45, 2.75) is 26.3 Å². The fourth-order valence-electron chi connectivity index (χ4n) is 3.64. The predicted molar refractivity (Wildman–Crippen MR) is 106 cm³/mol. The molecule has 0 saturated carbocycles. The molecule has 147 valence electrons. The molecule has 0 bridgehead atoms. The van der Waals surface area contributed by atoms with Crippen molar-refractivity contribution in [3.05, 3.63) is 82.7 Å². The van der Waals surface area contributed by atoms with Gasteiger partial charge in [0.25, 0.3) is 0 Å². The molecule has 29 heavy (non-hydrogen) atoms. The number of amides is 1. The van der Waals surface area contributed by atoms with Gasteiger partial charge in [-0.1, -0.05) is 26.0 Å². The second-order valence-corrected chi connectivity index (χ2v) is 7.36. The van der Waals surface area contributed by atoms with Crippen molar-refractivity contribution in [3.63, 3.8) is 0 Å². The van der Waals surface area contributed by atoms with Crippen LogP contribution < -0.4 is 5.73 Å². The number of carbonyl (C=O) groups is 1. The van der Waals surface area contributed by atoms with Gasteiger partial charge in [0.15, 0.2) is 11.6 Å². The number of carbonyl (C=O) groups excluding carboxylic acids is 1. The lowest BCUT2D eigenvalue weighted by Crippen LogP contribution is -2.11. The number of primary amides is 1. The van der Waals surface area contributed by atoms with Crippen LogP contribution in [0.5, 0.6) is 0 Å². The number of hydrogen-bond acceptors (Lipinski definition) is 1. The minimum atomic E-state index is -1.24. The number of benzene rings is 3. The molecule has 6 heteroatoms. The number of nitrogens with two attached hydrogens (primary N) is 1. The summed E-state index contributed by atoms with van der Waals surface area (Å²) in [6.45, 7) is 4.03. The minimum absolute atomic E-state index is 0.00197. The molecule has 0 unspecified atom stereocenters. The van der Waals surface area contributed by atoms with Gasteiger partial charge in [-0.15, -0.1) is 0 Å². The summed E-state index contributed by atoms with van der Waals surface area (Å²) in [5.41, 5.74) is 8.24. The highest BCUT2D eigenvalue weighted by Gasteiger charge is 2.19. The third-order valence-corrected chi connectivity index (χ3v) is 5.17. The van der Waals surface area contributed by atoms with Crippen LogP contribution in [-0.4, -0.2) is 10.5 Å². The van der Waals surface area contributed by atoms with Crippen molar-refractivity contribution in [3.8, 4) is 0 Å². The monoisotopic (exact) mass is 395 g/mol. The second-order valence-electron chi connectivity index (χ2n) is 7.36. The SMILES string of the molecule is CC(C)c1c[c]c2c3c(C(N)=O)cccc3n(Cc3cc(F)c(F)cc3F)c2c1. The molecule has 0 spiro atoms. The van der Waals surface area contributed by atoms with Gasteiger partial charge < -0.3 is 10.3 Å². The summed E-state index contributed by atoms with van der Waals surface area (Å²) in [6.07, 6.45) is 0. The van der Waals surface area contributed by atoms with E-state index in [2.05, 4.69) is 6.07 Å². The molecule has 0 aliphatic carbocycles. The van der Waals surface area contributed by atoms with E-state index in [4.69, 9.17) is 5.73 Å². The number of aromatic nitrogens is 1. The van der Waals surface area contributed by atoms with Gasteiger partial charge in [0, 0.05) is 28.0 Å². The van der Waals surface area contributed by atoms with Crippen LogP contribution in [0.15, 0.2) is 42.5 Å². The second kappa shape index (κ2) is 6.95. The predicted octanol–water partition coefficient (Wildman–Crippen LogP) is 5.28. The number of nitrogens with zero attached hydrogens (tertiary/aromatic N) is 1. The van der Waals surface area contributed by atoms with E-state index in [1.54, 1.807) is 22.8 Å². The van der Waals surface area contributed by atoms with Gasteiger partial charge in [-0.05, 0) is 41.8 Å². The minimum Gasteiger partial charge on any atom is -0.366 e. The Balaban J connectivity index is 2.05. The molecule has 1 radical (unpaired) electrons. The molecule has 3 nitrogen and oxygen atoms in total. The smallest absolute Gasteiger partial charge is 0.249 e. The Labute approximate surface area is 165 Å². The zero-order valence-corrected chi connectivity index (χ0v) is 15.9. The molecule has 0 aliphatic rings. The van der Waals surface area contributed by atoms with Gasteiger partial charge in [-0.2, -0.15) is 0 Å². The van der Waals surface area contributed by atoms with E-state index in [0.29, 0.717) is 33.4 Å². The highest BCUT2D eigenvalue weighted by atomic mass is 19.2. The third kappa shape index (κ3) is 3.14. The summed E-state index contributed by atoms with van der Waals surface area (Å²) in [7, 11) is 0. The number of hydrogen-bond donors (Lipinski definition) is 1. The van der Waals surface area contributed by atoms with Gasteiger partial charge in [-0.3, -0.25) is 4.79 Å². The van der Waals surface area contributed by atoms with Crippen LogP contribution in [0.4, 0.5) is 13.2 Å². The Morgan fingerprint density at radius 2 is 1.79 bits per heavy atom. The van der Waals surface area contributed by atoms with Crippen LogP contribution >= 0.6 is 0 Å². The standard InChI is InChI=1S/C23H18F3N2O/c1-12(2)13-6-7-15-21(9-13)28(11-14-8-18(25)19(26)10-17(14)24)20-5-3-4-16(22(15)20)23(27)29/h3-6,8-10,12H,11H2,1-2H3,(H2,27,29). The van der Waals surface area contributed by atoms with Gasteiger partial charge in [0.05, 0.1) is 17.6 Å². The molecule has 0 fully saturated rings. The summed E-state index contributed by atoms with van der Waals surface area (Å²) in [5.74, 6) is -3.56. The average Bonchev–Trinajstić information content (AvgIpc) is 2.99. The first-order valence-corrected chi connectivity index (χ1v) is 9.17. The molecule has 0 atom stereocenters. The first-order valence-electron chi connectivity index (χ1n) is 9.17. The lowest BCUT2D eigenvalue weighted by atomic mass is 10.00. The first-order chi connectivity index (χ1) is 13.8. The maximum Gasteiger partial charge on any atom is 0.249 e. The summed E-state index contributed by atoms with van der Waals surface area (Å²) in [4.78, 5) is 12.0. The third-order valence-electron chi connectivity index (χ3n) is 5.17. The number of halogens is 3. The number of fused-ring (bicyclic) bond motifs is 3. The Morgan fingerprint density at radius 1 is 1.07 bits per heavy atom. The lowest BCUT2D eigenvalue weighted by molar-refractivity contribution is 0.100. The highest BCUT2D eigenvalue weighted by Crippen LogP contribution is 2.34. The molecule has 1 heterocycles. The topological polar surface area (TPSA) is 48.0 Å². The molecule has 3 aromatic carbocycles. The quantitative estimate of drug-likeness (QED) is 0.470. The van der Waals surface area contributed by atoms with E-state index < -0.39 is 23.4 Å². The van der Waals surface area contributed by atoms with Crippen molar-refractivity contribution >= 4 is 27.7 Å². The number of rotatable bonds is 4. The molecule has 4 rings (SSSR count). The Morgan fingerprint density at radius 3 is 2.48 bits per heavy atom. The first kappa shape index (κ1) is 19.1. The summed E-state index contributed by atoms with van der Waals surface area (Å²) in [6, 6.07) is 13.5. The van der Waals surface area contributed by atoms with E-state index >= 15 is 0 Å². The zero-order valence-electron chi connectivity index (χ0n) is 15.9. The van der Waals surface area contributed by atoms with Crippen LogP contribution in [0.1, 0.15) is 41.3 Å². The Bertz CT molecular complexity index is 1270. The zero-order chi connectivity index (χ0) is 20.9. The molecule has 2 N–H and O–H groups in total. The highest BCUT2D eigenvalue weighted by molar-refractivity contribution is 6.17. The largest absolute Gasteiger partial charge is 0.366 e. The Kier molecular flexibility index (Phi) is 4.57. The normalized spacial score (nSPS) is 11.7. The molecule has 4 aromatic rings. The summed E-state index contributed by atoms with van der Waals surface area (Å²) >= 11 is 0. The van der Waals surface area contributed by atoms with Crippen molar-refractivity contribution in [1.82, 2.24) is 4.57 Å². The van der Waals surface area contributed by atoms with Crippen LogP contribution in [-0.2, 0) is 6.54 Å². The van der Waals surface area contributed by atoms with Crippen LogP contribution in [0, 0.1) is 23.5 Å². The van der Waals surface area contributed by atoms with Crippen molar-refractivity contribution < 1.29 is 18.0 Å². The maximum absolute atomic E-state index is 14.3. The molecule has 1 aromatic heterocycles. The molecular formula is C23H18F3N2O. The van der Waals surface area contributed by atoms with E-state index in [1.165, 1.54) is 0 Å². The summed E-state index contributed by atoms with van der Waals surface area (Å²) < 4.78 is 43.2. The van der Waals surface area contributed by atoms with Gasteiger partial charge >= 0.3 is 0 Å². The van der Waals surface area contributed by atoms with Crippen LogP contribution in [0.2, 0.25) is 0 Å². The van der Waals surface area contributed by atoms with Crippen molar-refractivity contribution in [2.75, 3.05) is 0 Å². The molecule has 1 amide bonds. The van der Waals surface area contributed by atoms with Crippen molar-refractivity contribution in [1.29, 1.82) is 0 Å². The van der Waals surface area contributed by atoms with E-state index in [1.807, 2.05) is 26.0 Å². The Hall–Kier alpha value is -3.28. The summed E-state index contributed by atoms with van der Waals surface area (Å²) in [5, 5.41) is 1.27. The van der Waals surface area contributed by atoms with Gasteiger partial charge in [0.1, 0.15) is 5.82 Å². The molecule has 0 aliphatic heterocycles. The molecular weight excluding hydrogens is 377 g/mol. The van der Waals surface area contributed by atoms with Crippen LogP contribution in [0.3, 0.4) is 0 Å². The maximum atomic E-state index is 14.3. The van der Waals surface area contributed by atoms with Gasteiger partial charge in [-0.25, -0.2) is 13.2 Å². The fraction of sp³-hybridized carbons (Fsp3) is 0.174. The van der Waals surface area contributed by atoms with E-state index in [9.17, 15) is 18.0 Å². The average molecular weight is 395 g/mol. The molecule has 0 saturated heterocycles. The van der Waals surface area contributed by atoms with Crippen LogP contribution in [0.25, 0.3) is 21.8 Å². The van der Waals surface area contributed by atoms with Gasteiger partial charge in [0.2, 0.25) is 5.91 Å². The fourth-order valence-corrected chi connectivity index (χ4v) is 3.64. The van der Waals surface area contributed by atoms with Crippen molar-refractivity contribution in [2.24, 2.45) is 5.73 Å². The van der Waals surface area contributed by atoms with E-state index in [-0.39, 0.29) is 18.0 Å². The lowest BCUT2D eigenvalue weighted by Gasteiger charge is -2.11.